The fourth-order valence-electron chi connectivity index (χ4n) is 3.11. The van der Waals surface area contributed by atoms with E-state index < -0.39 is 11.9 Å². The number of hydrogen-bond donors (Lipinski definition) is 1. The third-order valence-electron chi connectivity index (χ3n) is 4.10. The van der Waals surface area contributed by atoms with E-state index in [2.05, 4.69) is 10.2 Å². The number of rotatable bonds is 1. The van der Waals surface area contributed by atoms with Gasteiger partial charge in [-0.2, -0.15) is 0 Å². The van der Waals surface area contributed by atoms with Crippen LogP contribution in [0.2, 0.25) is 0 Å². The van der Waals surface area contributed by atoms with Crippen LogP contribution in [0.3, 0.4) is 0 Å². The number of carbonyl (C=O) groups is 2. The highest BCUT2D eigenvalue weighted by Crippen LogP contribution is 2.35. The predicted octanol–water partition coefficient (Wildman–Crippen LogP) is 1.56. The van der Waals surface area contributed by atoms with Gasteiger partial charge >= 0.3 is 11.9 Å². The molecule has 4 rings (SSSR count). The molecule has 0 radical (unpaired) electrons. The van der Waals surface area contributed by atoms with Crippen LogP contribution in [0.25, 0.3) is 10.8 Å². The van der Waals surface area contributed by atoms with Crippen LogP contribution < -0.4 is 10.2 Å². The van der Waals surface area contributed by atoms with E-state index in [9.17, 15) is 9.59 Å². The van der Waals surface area contributed by atoms with E-state index in [4.69, 9.17) is 4.74 Å². The van der Waals surface area contributed by atoms with Crippen molar-refractivity contribution in [2.75, 3.05) is 31.1 Å². The van der Waals surface area contributed by atoms with Crippen molar-refractivity contribution in [3.8, 4) is 0 Å². The van der Waals surface area contributed by atoms with Crippen LogP contribution in [0.15, 0.2) is 30.3 Å². The lowest BCUT2D eigenvalue weighted by atomic mass is 9.95. The Labute approximate surface area is 121 Å². The molecular formula is C16H14N2O3. The van der Waals surface area contributed by atoms with E-state index in [-0.39, 0.29) is 0 Å². The summed E-state index contributed by atoms with van der Waals surface area (Å²) in [5.41, 5.74) is 2.01. The van der Waals surface area contributed by atoms with Crippen molar-refractivity contribution in [3.63, 3.8) is 0 Å². The van der Waals surface area contributed by atoms with Crippen LogP contribution in [0.4, 0.5) is 5.69 Å². The molecule has 0 spiro atoms. The minimum absolute atomic E-state index is 0.471. The Balaban J connectivity index is 1.98. The van der Waals surface area contributed by atoms with Gasteiger partial charge in [0.15, 0.2) is 0 Å². The van der Waals surface area contributed by atoms with Gasteiger partial charge in [0.2, 0.25) is 0 Å². The lowest BCUT2D eigenvalue weighted by molar-refractivity contribution is 0.0391. The van der Waals surface area contributed by atoms with Gasteiger partial charge in [0, 0.05) is 42.6 Å². The van der Waals surface area contributed by atoms with Gasteiger partial charge in [0.1, 0.15) is 0 Å². The largest absolute Gasteiger partial charge is 0.386 e. The van der Waals surface area contributed by atoms with Crippen LogP contribution in [0.5, 0.6) is 0 Å². The Morgan fingerprint density at radius 1 is 0.952 bits per heavy atom. The molecule has 5 heteroatoms. The number of hydrogen-bond acceptors (Lipinski definition) is 5. The number of cyclic esters (lactones) is 2. The van der Waals surface area contributed by atoms with Gasteiger partial charge in [-0.3, -0.25) is 0 Å². The van der Waals surface area contributed by atoms with Gasteiger partial charge in [0.25, 0.3) is 0 Å². The zero-order chi connectivity index (χ0) is 14.4. The number of carbonyl (C=O) groups excluding carboxylic acids is 2. The van der Waals surface area contributed by atoms with E-state index in [0.717, 1.165) is 42.6 Å². The van der Waals surface area contributed by atoms with Crippen molar-refractivity contribution >= 4 is 28.4 Å². The summed E-state index contributed by atoms with van der Waals surface area (Å²) in [6.07, 6.45) is 0. The summed E-state index contributed by atoms with van der Waals surface area (Å²) < 4.78 is 4.79. The first-order valence-corrected chi connectivity index (χ1v) is 7.03. The maximum atomic E-state index is 11.9. The third-order valence-corrected chi connectivity index (χ3v) is 4.10. The topological polar surface area (TPSA) is 58.6 Å². The number of piperazine rings is 1. The van der Waals surface area contributed by atoms with E-state index in [0.29, 0.717) is 11.1 Å². The molecule has 1 fully saturated rings. The second kappa shape index (κ2) is 4.56. The standard InChI is InChI=1S/C16H14N2O3/c19-15-11-3-1-2-10-13(18-8-6-17-7-9-18)5-4-12(14(10)11)16(20)21-15/h1-5,17H,6-9H2. The Bertz CT molecular complexity index is 743. The average molecular weight is 282 g/mol. The smallest absolute Gasteiger partial charge is 0.346 e. The van der Waals surface area contributed by atoms with Crippen LogP contribution in [0, 0.1) is 0 Å². The molecule has 2 heterocycles. The molecule has 1 saturated heterocycles. The number of ether oxygens (including phenoxy) is 1. The highest BCUT2D eigenvalue weighted by Gasteiger charge is 2.28. The van der Waals surface area contributed by atoms with E-state index >= 15 is 0 Å². The summed E-state index contributed by atoms with van der Waals surface area (Å²) >= 11 is 0. The molecule has 2 aliphatic rings. The molecule has 2 aromatic rings. The Hall–Kier alpha value is -2.40. The van der Waals surface area contributed by atoms with E-state index in [1.54, 1.807) is 12.1 Å². The van der Waals surface area contributed by atoms with Gasteiger partial charge in [0.05, 0.1) is 11.1 Å². The lowest BCUT2D eigenvalue weighted by Gasteiger charge is -2.31. The van der Waals surface area contributed by atoms with Crippen LogP contribution in [0.1, 0.15) is 20.7 Å². The number of benzene rings is 2. The highest BCUT2D eigenvalue weighted by atomic mass is 16.6. The molecule has 0 saturated carbocycles. The van der Waals surface area contributed by atoms with Crippen molar-refractivity contribution in [2.45, 2.75) is 0 Å². The Morgan fingerprint density at radius 2 is 1.67 bits per heavy atom. The summed E-state index contributed by atoms with van der Waals surface area (Å²) in [7, 11) is 0. The molecule has 2 aromatic carbocycles. The molecule has 2 aliphatic heterocycles. The molecule has 0 amide bonds. The number of nitrogens with one attached hydrogen (secondary N) is 1. The quantitative estimate of drug-likeness (QED) is 0.635. The molecule has 1 N–H and O–H groups in total. The first kappa shape index (κ1) is 12.3. The van der Waals surface area contributed by atoms with E-state index in [1.807, 2.05) is 18.2 Å². The van der Waals surface area contributed by atoms with Gasteiger partial charge in [-0.05, 0) is 18.2 Å². The summed E-state index contributed by atoms with van der Waals surface area (Å²) in [6.45, 7) is 3.70. The normalized spacial score (nSPS) is 18.0. The lowest BCUT2D eigenvalue weighted by Crippen LogP contribution is -2.43. The number of esters is 2. The summed E-state index contributed by atoms with van der Waals surface area (Å²) in [5, 5.41) is 4.98. The van der Waals surface area contributed by atoms with Gasteiger partial charge < -0.3 is 15.0 Å². The summed E-state index contributed by atoms with van der Waals surface area (Å²) in [6, 6.07) is 9.22. The van der Waals surface area contributed by atoms with Crippen LogP contribution in [-0.2, 0) is 4.74 Å². The molecule has 0 bridgehead atoms. The van der Waals surface area contributed by atoms with Crippen molar-refractivity contribution < 1.29 is 14.3 Å². The molecule has 0 atom stereocenters. The molecular weight excluding hydrogens is 268 g/mol. The minimum Gasteiger partial charge on any atom is -0.386 e. The SMILES string of the molecule is O=C1OC(=O)c2ccc(N3CCNCC3)c3cccc1c23. The number of anilines is 1. The highest BCUT2D eigenvalue weighted by molar-refractivity contribution is 6.22. The molecule has 21 heavy (non-hydrogen) atoms. The Kier molecular flexibility index (Phi) is 2.68. The van der Waals surface area contributed by atoms with E-state index in [1.165, 1.54) is 0 Å². The van der Waals surface area contributed by atoms with Crippen molar-refractivity contribution in [1.82, 2.24) is 5.32 Å². The molecule has 0 aromatic heterocycles. The average Bonchev–Trinajstić information content (AvgIpc) is 2.53. The Morgan fingerprint density at radius 3 is 2.43 bits per heavy atom. The first-order valence-electron chi connectivity index (χ1n) is 7.03. The minimum atomic E-state index is -0.560. The predicted molar refractivity (Wildman–Crippen MR) is 78.8 cm³/mol. The fraction of sp³-hybridized carbons (Fsp3) is 0.250. The van der Waals surface area contributed by atoms with Crippen molar-refractivity contribution in [3.05, 3.63) is 41.5 Å². The van der Waals surface area contributed by atoms with Gasteiger partial charge in [-0.25, -0.2) is 9.59 Å². The van der Waals surface area contributed by atoms with Gasteiger partial charge in [-0.15, -0.1) is 0 Å². The van der Waals surface area contributed by atoms with Crippen molar-refractivity contribution in [2.24, 2.45) is 0 Å². The second-order valence-electron chi connectivity index (χ2n) is 5.27. The molecule has 0 aliphatic carbocycles. The second-order valence-corrected chi connectivity index (χ2v) is 5.27. The summed E-state index contributed by atoms with van der Waals surface area (Å²) in [5.74, 6) is -1.12. The maximum absolute atomic E-state index is 11.9. The zero-order valence-corrected chi connectivity index (χ0v) is 11.4. The first-order chi connectivity index (χ1) is 10.3. The summed E-state index contributed by atoms with van der Waals surface area (Å²) in [4.78, 5) is 26.1. The molecule has 0 unspecified atom stereocenters. The number of nitrogens with zero attached hydrogens (tertiary/aromatic N) is 1. The van der Waals surface area contributed by atoms with Crippen LogP contribution >= 0.6 is 0 Å². The fourth-order valence-corrected chi connectivity index (χ4v) is 3.11. The molecule has 5 nitrogen and oxygen atoms in total. The maximum Gasteiger partial charge on any atom is 0.346 e. The van der Waals surface area contributed by atoms with Crippen LogP contribution in [-0.4, -0.2) is 38.1 Å². The molecule has 106 valence electrons. The monoisotopic (exact) mass is 282 g/mol. The zero-order valence-electron chi connectivity index (χ0n) is 11.4. The van der Waals surface area contributed by atoms with Gasteiger partial charge in [-0.1, -0.05) is 12.1 Å². The third kappa shape index (κ3) is 1.81. The van der Waals surface area contributed by atoms with Crippen molar-refractivity contribution in [1.29, 1.82) is 0 Å².